The monoisotopic (exact) mass is 421 g/mol. The number of carbonyl (C=O) groups is 3. The second-order valence-electron chi connectivity index (χ2n) is 8.09. The van der Waals surface area contributed by atoms with Crippen LogP contribution < -0.4 is 16.0 Å². The van der Waals surface area contributed by atoms with Crippen LogP contribution in [-0.2, 0) is 16.0 Å². The van der Waals surface area contributed by atoms with Gasteiger partial charge in [-0.25, -0.2) is 0 Å². The molecule has 0 aliphatic heterocycles. The Morgan fingerprint density at radius 2 is 1.55 bits per heavy atom. The van der Waals surface area contributed by atoms with Crippen molar-refractivity contribution >= 4 is 23.4 Å². The van der Waals surface area contributed by atoms with Gasteiger partial charge in [0, 0.05) is 12.6 Å². The van der Waals surface area contributed by atoms with E-state index in [2.05, 4.69) is 22.9 Å². The minimum atomic E-state index is -0.748. The Labute approximate surface area is 183 Å². The number of carbonyl (C=O) groups excluding carboxylic acids is 3. The molecule has 0 atom stereocenters. The van der Waals surface area contributed by atoms with Crippen molar-refractivity contribution in [3.63, 3.8) is 0 Å². The van der Waals surface area contributed by atoms with Crippen LogP contribution in [0.4, 0.5) is 5.69 Å². The van der Waals surface area contributed by atoms with Crippen LogP contribution in [0.5, 0.6) is 0 Å². The molecule has 3 amide bonds. The van der Waals surface area contributed by atoms with E-state index in [1.807, 2.05) is 30.3 Å². The highest BCUT2D eigenvalue weighted by atomic mass is 16.2. The first kappa shape index (κ1) is 22.5. The van der Waals surface area contributed by atoms with Crippen LogP contribution in [0.15, 0.2) is 54.6 Å². The van der Waals surface area contributed by atoms with Crippen molar-refractivity contribution < 1.29 is 14.4 Å². The van der Waals surface area contributed by atoms with Crippen molar-refractivity contribution in [2.75, 3.05) is 11.9 Å². The quantitative estimate of drug-likeness (QED) is 0.596. The molecule has 2 aromatic rings. The van der Waals surface area contributed by atoms with Gasteiger partial charge in [0.25, 0.3) is 5.91 Å². The van der Waals surface area contributed by atoms with Gasteiger partial charge in [0.05, 0.1) is 11.3 Å². The molecular weight excluding hydrogens is 390 g/mol. The van der Waals surface area contributed by atoms with Crippen molar-refractivity contribution in [2.24, 2.45) is 5.92 Å². The summed E-state index contributed by atoms with van der Waals surface area (Å²) >= 11 is 0. The van der Waals surface area contributed by atoms with Crippen molar-refractivity contribution in [1.29, 1.82) is 0 Å². The van der Waals surface area contributed by atoms with Gasteiger partial charge in [-0.15, -0.1) is 0 Å². The average molecular weight is 422 g/mol. The second kappa shape index (κ2) is 11.3. The molecule has 2 aromatic carbocycles. The van der Waals surface area contributed by atoms with Crippen molar-refractivity contribution in [3.05, 3.63) is 65.7 Å². The van der Waals surface area contributed by atoms with Crippen LogP contribution in [-0.4, -0.2) is 30.3 Å². The van der Waals surface area contributed by atoms with E-state index in [1.54, 1.807) is 24.3 Å². The number of rotatable bonds is 7. The van der Waals surface area contributed by atoms with Crippen LogP contribution in [0, 0.1) is 5.92 Å². The lowest BCUT2D eigenvalue weighted by molar-refractivity contribution is -0.136. The predicted octanol–water partition coefficient (Wildman–Crippen LogP) is 3.68. The largest absolute Gasteiger partial charge is 0.352 e. The average Bonchev–Trinajstić information content (AvgIpc) is 2.80. The zero-order valence-electron chi connectivity index (χ0n) is 18.0. The zero-order valence-corrected chi connectivity index (χ0v) is 18.0. The van der Waals surface area contributed by atoms with Crippen LogP contribution in [0.25, 0.3) is 0 Å². The maximum Gasteiger partial charge on any atom is 0.313 e. The first-order chi connectivity index (χ1) is 15.1. The molecule has 1 aliphatic rings. The molecule has 3 rings (SSSR count). The Balaban J connectivity index is 1.52. The maximum absolute atomic E-state index is 12.6. The number of nitrogens with one attached hydrogen (secondary N) is 3. The summed E-state index contributed by atoms with van der Waals surface area (Å²) in [6.07, 6.45) is 5.83. The SMILES string of the molecule is CCC1CCC(NC(=O)C(=O)Nc2ccccc2C(=O)NCCc2ccccc2)CC1. The Morgan fingerprint density at radius 3 is 2.26 bits per heavy atom. The summed E-state index contributed by atoms with van der Waals surface area (Å²) in [5.41, 5.74) is 1.80. The number of anilines is 1. The molecule has 0 unspecified atom stereocenters. The predicted molar refractivity (Wildman–Crippen MR) is 122 cm³/mol. The molecule has 3 N–H and O–H groups in total. The van der Waals surface area contributed by atoms with Crippen LogP contribution in [0.1, 0.15) is 54.9 Å². The third-order valence-corrected chi connectivity index (χ3v) is 5.93. The van der Waals surface area contributed by atoms with Crippen molar-refractivity contribution in [3.8, 4) is 0 Å². The minimum Gasteiger partial charge on any atom is -0.352 e. The lowest BCUT2D eigenvalue weighted by atomic mass is 9.84. The highest BCUT2D eigenvalue weighted by Gasteiger charge is 2.24. The normalized spacial score (nSPS) is 18.1. The number of amides is 3. The highest BCUT2D eigenvalue weighted by molar-refractivity contribution is 6.40. The Kier molecular flexibility index (Phi) is 8.21. The van der Waals surface area contributed by atoms with E-state index in [9.17, 15) is 14.4 Å². The smallest absolute Gasteiger partial charge is 0.313 e. The molecule has 0 aromatic heterocycles. The first-order valence-corrected chi connectivity index (χ1v) is 11.1. The van der Waals surface area contributed by atoms with Gasteiger partial charge in [-0.1, -0.05) is 55.8 Å². The summed E-state index contributed by atoms with van der Waals surface area (Å²) < 4.78 is 0. The fraction of sp³-hybridized carbons (Fsp3) is 0.400. The zero-order chi connectivity index (χ0) is 22.1. The fourth-order valence-corrected chi connectivity index (χ4v) is 4.00. The Hall–Kier alpha value is -3.15. The Bertz CT molecular complexity index is 890. The summed E-state index contributed by atoms with van der Waals surface area (Å²) in [5.74, 6) is -0.972. The van der Waals surface area contributed by atoms with E-state index >= 15 is 0 Å². The minimum absolute atomic E-state index is 0.0394. The summed E-state index contributed by atoms with van der Waals surface area (Å²) in [5, 5.41) is 8.31. The van der Waals surface area contributed by atoms with E-state index in [-0.39, 0.29) is 11.9 Å². The number of hydrogen-bond acceptors (Lipinski definition) is 3. The number of benzene rings is 2. The molecule has 0 heterocycles. The molecule has 164 valence electrons. The topological polar surface area (TPSA) is 87.3 Å². The number of para-hydroxylation sites is 1. The summed E-state index contributed by atoms with van der Waals surface area (Å²) in [7, 11) is 0. The lowest BCUT2D eigenvalue weighted by Gasteiger charge is -2.28. The molecule has 31 heavy (non-hydrogen) atoms. The van der Waals surface area contributed by atoms with Gasteiger partial charge in [-0.05, 0) is 55.7 Å². The van der Waals surface area contributed by atoms with Gasteiger partial charge in [0.15, 0.2) is 0 Å². The summed E-state index contributed by atoms with van der Waals surface area (Å²) in [6, 6.07) is 16.6. The molecule has 0 spiro atoms. The van der Waals surface area contributed by atoms with Crippen LogP contribution >= 0.6 is 0 Å². The summed E-state index contributed by atoms with van der Waals surface area (Å²) in [6.45, 7) is 2.67. The standard InChI is InChI=1S/C25H31N3O3/c1-2-18-12-14-20(15-13-18)27-24(30)25(31)28-22-11-7-6-10-21(22)23(29)26-17-16-19-8-4-3-5-9-19/h3-11,18,20H,2,12-17H2,1H3,(H,26,29)(H,27,30)(H,28,31). The second-order valence-corrected chi connectivity index (χ2v) is 8.09. The van der Waals surface area contributed by atoms with E-state index in [1.165, 1.54) is 0 Å². The van der Waals surface area contributed by atoms with Gasteiger partial charge in [-0.3, -0.25) is 14.4 Å². The van der Waals surface area contributed by atoms with Gasteiger partial charge in [-0.2, -0.15) is 0 Å². The van der Waals surface area contributed by atoms with Gasteiger partial charge < -0.3 is 16.0 Å². The van der Waals surface area contributed by atoms with Gasteiger partial charge >= 0.3 is 11.8 Å². The molecule has 1 aliphatic carbocycles. The molecule has 1 saturated carbocycles. The molecule has 6 nitrogen and oxygen atoms in total. The van der Waals surface area contributed by atoms with E-state index in [0.717, 1.165) is 37.7 Å². The number of hydrogen-bond donors (Lipinski definition) is 3. The van der Waals surface area contributed by atoms with Crippen LogP contribution in [0.2, 0.25) is 0 Å². The van der Waals surface area contributed by atoms with E-state index in [0.29, 0.717) is 30.1 Å². The van der Waals surface area contributed by atoms with Crippen molar-refractivity contribution in [2.45, 2.75) is 51.5 Å². The summed E-state index contributed by atoms with van der Waals surface area (Å²) in [4.78, 5) is 37.4. The van der Waals surface area contributed by atoms with E-state index in [4.69, 9.17) is 0 Å². The van der Waals surface area contributed by atoms with E-state index < -0.39 is 11.8 Å². The van der Waals surface area contributed by atoms with Crippen LogP contribution in [0.3, 0.4) is 0 Å². The molecule has 0 bridgehead atoms. The van der Waals surface area contributed by atoms with Gasteiger partial charge in [0.2, 0.25) is 0 Å². The third-order valence-electron chi connectivity index (χ3n) is 5.93. The first-order valence-electron chi connectivity index (χ1n) is 11.1. The molecular formula is C25H31N3O3. The molecule has 0 saturated heterocycles. The molecule has 0 radical (unpaired) electrons. The third kappa shape index (κ3) is 6.67. The molecule has 6 heteroatoms. The molecule has 1 fully saturated rings. The Morgan fingerprint density at radius 1 is 0.871 bits per heavy atom. The lowest BCUT2D eigenvalue weighted by Crippen LogP contribution is -2.43. The van der Waals surface area contributed by atoms with Crippen molar-refractivity contribution in [1.82, 2.24) is 10.6 Å². The fourth-order valence-electron chi connectivity index (χ4n) is 4.00. The maximum atomic E-state index is 12.6. The van der Waals surface area contributed by atoms with Gasteiger partial charge in [0.1, 0.15) is 0 Å². The highest BCUT2D eigenvalue weighted by Crippen LogP contribution is 2.26.